The Hall–Kier alpha value is -3.18. The van der Waals surface area contributed by atoms with Crippen LogP contribution in [0.25, 0.3) is 0 Å². The number of fused-ring (bicyclic) bond motifs is 1. The van der Waals surface area contributed by atoms with Gasteiger partial charge in [0.1, 0.15) is 11.9 Å². The second-order valence-corrected chi connectivity index (χ2v) is 9.80. The number of ether oxygens (including phenoxy) is 2. The van der Waals surface area contributed by atoms with Gasteiger partial charge in [0.2, 0.25) is 9.84 Å². The third kappa shape index (κ3) is 4.09. The summed E-state index contributed by atoms with van der Waals surface area (Å²) in [4.78, 5) is -0.279. The van der Waals surface area contributed by atoms with Gasteiger partial charge < -0.3 is 14.8 Å². The Balaban J connectivity index is 1.94. The molecule has 1 atom stereocenters. The van der Waals surface area contributed by atoms with E-state index >= 15 is 0 Å². The van der Waals surface area contributed by atoms with Crippen LogP contribution in [0, 0.1) is 0 Å². The Morgan fingerprint density at radius 2 is 1.68 bits per heavy atom. The molecule has 34 heavy (non-hydrogen) atoms. The first-order chi connectivity index (χ1) is 16.0. The molecule has 1 unspecified atom stereocenters. The van der Waals surface area contributed by atoms with Gasteiger partial charge in [-0.25, -0.2) is 13.1 Å². The fourth-order valence-electron chi connectivity index (χ4n) is 3.79. The molecule has 0 spiro atoms. The number of sulfone groups is 1. The Bertz CT molecular complexity index is 1380. The number of halogens is 4. The molecule has 0 fully saturated rings. The lowest BCUT2D eigenvalue weighted by molar-refractivity contribution is -0.141. The number of allylic oxidation sites excluding steroid dienone is 2. The van der Waals surface area contributed by atoms with E-state index in [0.29, 0.717) is 16.3 Å². The van der Waals surface area contributed by atoms with E-state index in [4.69, 9.17) is 21.1 Å². The highest BCUT2D eigenvalue weighted by molar-refractivity contribution is 7.95. The van der Waals surface area contributed by atoms with Crippen molar-refractivity contribution in [2.24, 2.45) is 0 Å². The first kappa shape index (κ1) is 24.0. The zero-order chi connectivity index (χ0) is 24.8. The molecule has 12 heteroatoms. The van der Waals surface area contributed by atoms with Crippen molar-refractivity contribution in [3.63, 3.8) is 0 Å². The zero-order valence-corrected chi connectivity index (χ0v) is 19.7. The number of methoxy groups -OCH3 is 2. The lowest BCUT2D eigenvalue weighted by Gasteiger charge is -2.30. The number of rotatable bonds is 5. The van der Waals surface area contributed by atoms with E-state index in [1.807, 2.05) is 0 Å². The lowest BCUT2D eigenvalue weighted by atomic mass is 10.0. The monoisotopic (exact) mass is 513 g/mol. The summed E-state index contributed by atoms with van der Waals surface area (Å²) < 4.78 is 79.4. The van der Waals surface area contributed by atoms with E-state index in [-0.39, 0.29) is 27.1 Å². The Kier molecular flexibility index (Phi) is 6.03. The topological polar surface area (TPSA) is 82.5 Å². The van der Waals surface area contributed by atoms with Crippen LogP contribution in [-0.2, 0) is 16.0 Å². The number of alkyl halides is 3. The maximum absolute atomic E-state index is 13.8. The fourth-order valence-corrected chi connectivity index (χ4v) is 5.66. The first-order valence-corrected chi connectivity index (χ1v) is 11.7. The predicted octanol–water partition coefficient (Wildman–Crippen LogP) is 5.29. The SMILES string of the molecule is COc1ccc(S(=O)(=O)C2=C(C)Nc3cc(C(F)(F)F)nn3C2c2ccc(Cl)cc2)cc1OC. The number of benzene rings is 2. The largest absolute Gasteiger partial charge is 0.493 e. The van der Waals surface area contributed by atoms with Crippen molar-refractivity contribution in [1.29, 1.82) is 0 Å². The normalized spacial score (nSPS) is 16.1. The summed E-state index contributed by atoms with van der Waals surface area (Å²) in [6.07, 6.45) is -4.72. The average Bonchev–Trinajstić information content (AvgIpc) is 3.22. The lowest BCUT2D eigenvalue weighted by Crippen LogP contribution is -2.28. The van der Waals surface area contributed by atoms with Crippen molar-refractivity contribution in [2.45, 2.75) is 24.0 Å². The highest BCUT2D eigenvalue weighted by Gasteiger charge is 2.41. The minimum absolute atomic E-state index is 0.0102. The van der Waals surface area contributed by atoms with E-state index in [0.717, 1.165) is 10.7 Å². The third-order valence-corrected chi connectivity index (χ3v) is 7.58. The summed E-state index contributed by atoms with van der Waals surface area (Å²) in [6.45, 7) is 1.49. The molecule has 1 aliphatic rings. The van der Waals surface area contributed by atoms with Gasteiger partial charge >= 0.3 is 6.18 Å². The summed E-state index contributed by atoms with van der Waals surface area (Å²) in [5, 5.41) is 6.86. The molecule has 0 radical (unpaired) electrons. The van der Waals surface area contributed by atoms with E-state index in [1.165, 1.54) is 51.5 Å². The molecule has 0 bridgehead atoms. The molecule has 0 amide bonds. The molecular formula is C22H19ClF3N3O4S. The third-order valence-electron chi connectivity index (χ3n) is 5.34. The Morgan fingerprint density at radius 3 is 2.26 bits per heavy atom. The van der Waals surface area contributed by atoms with Crippen LogP contribution in [0.5, 0.6) is 11.5 Å². The zero-order valence-electron chi connectivity index (χ0n) is 18.1. The van der Waals surface area contributed by atoms with Crippen molar-refractivity contribution >= 4 is 27.3 Å². The maximum Gasteiger partial charge on any atom is 0.435 e. The van der Waals surface area contributed by atoms with Gasteiger partial charge in [-0.05, 0) is 36.8 Å². The molecule has 2 aromatic carbocycles. The Labute approximate surface area is 198 Å². The first-order valence-electron chi connectivity index (χ1n) is 9.84. The number of hydrogen-bond acceptors (Lipinski definition) is 6. The van der Waals surface area contributed by atoms with Gasteiger partial charge in [0.15, 0.2) is 17.2 Å². The van der Waals surface area contributed by atoms with Gasteiger partial charge in [-0.1, -0.05) is 23.7 Å². The van der Waals surface area contributed by atoms with Crippen LogP contribution in [0.2, 0.25) is 5.02 Å². The fraction of sp³-hybridized carbons (Fsp3) is 0.227. The number of anilines is 1. The summed E-state index contributed by atoms with van der Waals surface area (Å²) in [5.41, 5.74) is -0.593. The summed E-state index contributed by atoms with van der Waals surface area (Å²) in [5.74, 6) is 0.524. The Morgan fingerprint density at radius 1 is 1.03 bits per heavy atom. The molecule has 1 aliphatic heterocycles. The van der Waals surface area contributed by atoms with Crippen molar-refractivity contribution in [3.05, 3.63) is 75.4 Å². The summed E-state index contributed by atoms with van der Waals surface area (Å²) in [7, 11) is -1.46. The van der Waals surface area contributed by atoms with Crippen molar-refractivity contribution in [1.82, 2.24) is 9.78 Å². The van der Waals surface area contributed by atoms with Gasteiger partial charge in [-0.2, -0.15) is 18.3 Å². The van der Waals surface area contributed by atoms with Crippen LogP contribution in [0.4, 0.5) is 19.0 Å². The van der Waals surface area contributed by atoms with E-state index < -0.39 is 27.7 Å². The standard InChI is InChI=1S/C22H19ClF3N3O4S/c1-12-21(34(30,31)15-8-9-16(32-2)17(10-15)33-3)20(13-4-6-14(23)7-5-13)29-19(27-12)11-18(28-29)22(24,25)26/h4-11,20,27H,1-3H3. The van der Waals surface area contributed by atoms with Gasteiger partial charge in [0, 0.05) is 22.9 Å². The van der Waals surface area contributed by atoms with Crippen LogP contribution in [0.1, 0.15) is 24.2 Å². The number of hydrogen-bond donors (Lipinski definition) is 1. The van der Waals surface area contributed by atoms with Crippen LogP contribution in [0.15, 0.2) is 64.0 Å². The number of nitrogens with one attached hydrogen (secondary N) is 1. The number of aromatic nitrogens is 2. The second-order valence-electron chi connectivity index (χ2n) is 7.45. The van der Waals surface area contributed by atoms with Crippen molar-refractivity contribution in [2.75, 3.05) is 19.5 Å². The van der Waals surface area contributed by atoms with Gasteiger partial charge in [-0.15, -0.1) is 0 Å². The maximum atomic E-state index is 13.8. The van der Waals surface area contributed by atoms with E-state index in [1.54, 1.807) is 12.1 Å². The van der Waals surface area contributed by atoms with Crippen LogP contribution in [-0.4, -0.2) is 32.4 Å². The van der Waals surface area contributed by atoms with Crippen LogP contribution >= 0.6 is 11.6 Å². The van der Waals surface area contributed by atoms with Crippen molar-refractivity contribution < 1.29 is 31.1 Å². The molecule has 0 saturated carbocycles. The smallest absolute Gasteiger partial charge is 0.435 e. The minimum Gasteiger partial charge on any atom is -0.493 e. The predicted molar refractivity (Wildman–Crippen MR) is 120 cm³/mol. The molecule has 2 heterocycles. The molecular weight excluding hydrogens is 495 g/mol. The highest BCUT2D eigenvalue weighted by atomic mass is 35.5. The molecule has 3 aromatic rings. The molecule has 180 valence electrons. The molecule has 7 nitrogen and oxygen atoms in total. The van der Waals surface area contributed by atoms with Gasteiger partial charge in [0.25, 0.3) is 0 Å². The van der Waals surface area contributed by atoms with E-state index in [2.05, 4.69) is 10.4 Å². The summed E-state index contributed by atoms with van der Waals surface area (Å²) in [6, 6.07) is 9.90. The highest BCUT2D eigenvalue weighted by Crippen LogP contribution is 2.44. The second kappa shape index (κ2) is 8.55. The van der Waals surface area contributed by atoms with Gasteiger partial charge in [0.05, 0.1) is 24.0 Å². The minimum atomic E-state index is -4.72. The summed E-state index contributed by atoms with van der Waals surface area (Å²) >= 11 is 5.99. The molecule has 0 saturated heterocycles. The molecule has 1 aromatic heterocycles. The molecule has 1 N–H and O–H groups in total. The molecule has 4 rings (SSSR count). The quantitative estimate of drug-likeness (QED) is 0.499. The van der Waals surface area contributed by atoms with Gasteiger partial charge in [-0.3, -0.25) is 0 Å². The van der Waals surface area contributed by atoms with Crippen molar-refractivity contribution in [3.8, 4) is 11.5 Å². The average molecular weight is 514 g/mol. The molecule has 0 aliphatic carbocycles. The van der Waals surface area contributed by atoms with Crippen LogP contribution < -0.4 is 14.8 Å². The van der Waals surface area contributed by atoms with Crippen LogP contribution in [0.3, 0.4) is 0 Å². The van der Waals surface area contributed by atoms with E-state index in [9.17, 15) is 21.6 Å². The number of nitrogens with zero attached hydrogens (tertiary/aromatic N) is 2.